The van der Waals surface area contributed by atoms with E-state index >= 15 is 0 Å². The Morgan fingerprint density at radius 1 is 0.348 bits per heavy atom. The van der Waals surface area contributed by atoms with Crippen LogP contribution in [0, 0.1) is 0 Å². The molecule has 0 spiro atoms. The highest BCUT2D eigenvalue weighted by Crippen LogP contribution is 2.19. The largest absolute Gasteiger partial charge is 0.466 e. The average molecular weight is 921 g/mol. The molecule has 0 N–H and O–H groups in total. The lowest BCUT2D eigenvalue weighted by atomic mass is 10.1. The first-order chi connectivity index (χ1) is 32.4. The Hall–Kier alpha value is -3.75. The Bertz CT molecular complexity index is 1550. The molecule has 0 aliphatic rings. The summed E-state index contributed by atoms with van der Waals surface area (Å²) in [6, 6.07) is 12.7. The fourth-order valence-corrected chi connectivity index (χ4v) is 8.42. The number of ether oxygens (including phenoxy) is 3. The number of carbonyl (C=O) groups excluding carboxylic acids is 3. The van der Waals surface area contributed by atoms with Crippen molar-refractivity contribution in [1.29, 1.82) is 0 Å². The summed E-state index contributed by atoms with van der Waals surface area (Å²) in [5.41, 5.74) is 0. The van der Waals surface area contributed by atoms with Crippen LogP contribution in [0.4, 0.5) is 0 Å². The van der Waals surface area contributed by atoms with E-state index in [1.54, 1.807) is 0 Å². The van der Waals surface area contributed by atoms with Crippen LogP contribution in [0.5, 0.6) is 0 Å². The van der Waals surface area contributed by atoms with E-state index in [4.69, 9.17) is 27.5 Å². The van der Waals surface area contributed by atoms with Gasteiger partial charge in [0.05, 0.1) is 0 Å². The van der Waals surface area contributed by atoms with E-state index in [2.05, 4.69) is 57.2 Å². The van der Waals surface area contributed by atoms with Crippen LogP contribution in [-0.4, -0.2) is 37.2 Å². The number of rotatable bonds is 44. The van der Waals surface area contributed by atoms with Crippen LogP contribution in [-0.2, 0) is 67.1 Å². The highest BCUT2D eigenvalue weighted by Gasteiger charge is 2.20. The second-order valence-corrected chi connectivity index (χ2v) is 18.8. The SMILES string of the molecule is CCCCCCc1ccc(CCCCCCCC(=O)OCC(COC(=O)CCCCCCCc2ccc(CCCCCC)o2)OC(=O)CCCCCCCc2ccc(CCCCCC)o2)o1. The summed E-state index contributed by atoms with van der Waals surface area (Å²) in [5.74, 6) is 5.49. The minimum absolute atomic E-state index is 0.120. The predicted molar refractivity (Wildman–Crippen MR) is 266 cm³/mol. The molecule has 9 nitrogen and oxygen atoms in total. The van der Waals surface area contributed by atoms with Crippen LogP contribution in [0.2, 0.25) is 0 Å². The molecule has 374 valence electrons. The Balaban J connectivity index is 1.29. The van der Waals surface area contributed by atoms with Crippen LogP contribution < -0.4 is 0 Å². The number of aryl methyl sites for hydroxylation is 6. The first-order valence-corrected chi connectivity index (χ1v) is 27.1. The lowest BCUT2D eigenvalue weighted by Crippen LogP contribution is -2.30. The fourth-order valence-electron chi connectivity index (χ4n) is 8.42. The summed E-state index contributed by atoms with van der Waals surface area (Å²) in [7, 11) is 0. The quantitative estimate of drug-likeness (QED) is 0.0310. The smallest absolute Gasteiger partial charge is 0.306 e. The Kier molecular flexibility index (Phi) is 32.8. The standard InChI is InChI=1S/C57H92O9/c1-4-7-10-22-31-48-40-43-51(63-48)34-25-16-13-19-28-37-55(58)61-46-54(66-57(60)39-30-21-15-18-27-36-53-45-42-50(65-53)33-24-12-9-6-3)47-62-56(59)38-29-20-14-17-26-35-52-44-41-49(64-52)32-23-11-8-5-2/h40-45,54H,4-39,46-47H2,1-3H3. The van der Waals surface area contributed by atoms with Crippen LogP contribution >= 0.6 is 0 Å². The van der Waals surface area contributed by atoms with Crippen molar-refractivity contribution in [3.8, 4) is 0 Å². The predicted octanol–water partition coefficient (Wildman–Crippen LogP) is 15.9. The molecule has 0 saturated heterocycles. The van der Waals surface area contributed by atoms with Crippen molar-refractivity contribution in [2.45, 2.75) is 258 Å². The number of hydrogen-bond donors (Lipinski definition) is 0. The third-order valence-electron chi connectivity index (χ3n) is 12.6. The van der Waals surface area contributed by atoms with Crippen molar-refractivity contribution in [3.63, 3.8) is 0 Å². The van der Waals surface area contributed by atoms with Gasteiger partial charge in [-0.1, -0.05) is 136 Å². The highest BCUT2D eigenvalue weighted by atomic mass is 16.6. The number of hydrogen-bond acceptors (Lipinski definition) is 9. The minimum atomic E-state index is -0.827. The van der Waals surface area contributed by atoms with Crippen LogP contribution in [0.15, 0.2) is 49.6 Å². The van der Waals surface area contributed by atoms with Gasteiger partial charge in [-0.3, -0.25) is 14.4 Å². The van der Waals surface area contributed by atoms with Gasteiger partial charge in [-0.15, -0.1) is 0 Å². The van der Waals surface area contributed by atoms with E-state index in [-0.39, 0.29) is 37.5 Å². The molecule has 0 amide bonds. The van der Waals surface area contributed by atoms with E-state index in [1.807, 2.05) is 0 Å². The zero-order valence-corrected chi connectivity index (χ0v) is 42.1. The highest BCUT2D eigenvalue weighted by molar-refractivity contribution is 5.71. The van der Waals surface area contributed by atoms with Crippen molar-refractivity contribution in [3.05, 3.63) is 71.0 Å². The molecule has 3 heterocycles. The lowest BCUT2D eigenvalue weighted by Gasteiger charge is -2.18. The molecule has 0 aliphatic heterocycles. The summed E-state index contributed by atoms with van der Waals surface area (Å²) in [6.45, 7) is 6.45. The van der Waals surface area contributed by atoms with Gasteiger partial charge in [0.15, 0.2) is 6.10 Å². The lowest BCUT2D eigenvalue weighted by molar-refractivity contribution is -0.167. The summed E-state index contributed by atoms with van der Waals surface area (Å²) >= 11 is 0. The maximum absolute atomic E-state index is 12.9. The molecule has 3 aromatic rings. The molecule has 9 heteroatoms. The second kappa shape index (κ2) is 38.2. The normalized spacial score (nSPS) is 11.5. The summed E-state index contributed by atoms with van der Waals surface area (Å²) in [6.07, 6.45) is 35.4. The first kappa shape index (κ1) is 56.6. The van der Waals surface area contributed by atoms with Crippen molar-refractivity contribution in [2.75, 3.05) is 13.2 Å². The minimum Gasteiger partial charge on any atom is -0.466 e. The van der Waals surface area contributed by atoms with Crippen LogP contribution in [0.3, 0.4) is 0 Å². The zero-order valence-electron chi connectivity index (χ0n) is 42.1. The second-order valence-electron chi connectivity index (χ2n) is 18.8. The molecule has 0 aromatic carbocycles. The molecule has 3 rings (SSSR count). The van der Waals surface area contributed by atoms with E-state index in [0.29, 0.717) is 12.8 Å². The van der Waals surface area contributed by atoms with Gasteiger partial charge in [0.1, 0.15) is 47.8 Å². The maximum atomic E-state index is 12.9. The number of furan rings is 3. The Labute approximate surface area is 400 Å². The van der Waals surface area contributed by atoms with Crippen molar-refractivity contribution < 1.29 is 41.8 Å². The van der Waals surface area contributed by atoms with E-state index < -0.39 is 6.10 Å². The molecular formula is C57H92O9. The van der Waals surface area contributed by atoms with Gasteiger partial charge < -0.3 is 27.5 Å². The van der Waals surface area contributed by atoms with E-state index in [9.17, 15) is 14.4 Å². The summed E-state index contributed by atoms with van der Waals surface area (Å²) < 4.78 is 34.9. The van der Waals surface area contributed by atoms with Crippen LogP contribution in [0.25, 0.3) is 0 Å². The van der Waals surface area contributed by atoms with Gasteiger partial charge in [-0.2, -0.15) is 0 Å². The number of esters is 3. The average Bonchev–Trinajstić information content (AvgIpc) is 4.10. The van der Waals surface area contributed by atoms with Crippen molar-refractivity contribution >= 4 is 17.9 Å². The molecule has 0 bridgehead atoms. The maximum Gasteiger partial charge on any atom is 0.306 e. The molecule has 0 atom stereocenters. The molecule has 0 aliphatic carbocycles. The third kappa shape index (κ3) is 29.1. The van der Waals surface area contributed by atoms with Gasteiger partial charge in [0.2, 0.25) is 0 Å². The molecule has 3 aromatic heterocycles. The first-order valence-electron chi connectivity index (χ1n) is 27.1. The third-order valence-corrected chi connectivity index (χ3v) is 12.6. The molecule has 0 saturated carbocycles. The van der Waals surface area contributed by atoms with Gasteiger partial charge in [-0.05, 0) is 94.2 Å². The monoisotopic (exact) mass is 921 g/mol. The summed E-state index contributed by atoms with van der Waals surface area (Å²) in [4.78, 5) is 38.3. The van der Waals surface area contributed by atoms with Gasteiger partial charge >= 0.3 is 17.9 Å². The van der Waals surface area contributed by atoms with E-state index in [1.165, 1.54) is 77.0 Å². The molecular weight excluding hydrogens is 829 g/mol. The number of unbranched alkanes of at least 4 members (excludes halogenated alkanes) is 21. The molecule has 66 heavy (non-hydrogen) atoms. The molecule has 0 fully saturated rings. The van der Waals surface area contributed by atoms with Crippen molar-refractivity contribution in [1.82, 2.24) is 0 Å². The zero-order chi connectivity index (χ0) is 47.1. The topological polar surface area (TPSA) is 118 Å². The Morgan fingerprint density at radius 2 is 0.591 bits per heavy atom. The van der Waals surface area contributed by atoms with Gasteiger partial charge in [0, 0.05) is 57.8 Å². The molecule has 0 radical (unpaired) electrons. The van der Waals surface area contributed by atoms with Gasteiger partial charge in [-0.25, -0.2) is 0 Å². The van der Waals surface area contributed by atoms with Crippen LogP contribution in [0.1, 0.15) is 248 Å². The molecule has 0 unspecified atom stereocenters. The summed E-state index contributed by atoms with van der Waals surface area (Å²) in [5, 5.41) is 0. The Morgan fingerprint density at radius 3 is 0.879 bits per heavy atom. The van der Waals surface area contributed by atoms with E-state index in [0.717, 1.165) is 169 Å². The fraction of sp³-hybridized carbons (Fsp3) is 0.737. The van der Waals surface area contributed by atoms with Gasteiger partial charge in [0.25, 0.3) is 0 Å². The number of carbonyl (C=O) groups is 3. The van der Waals surface area contributed by atoms with Crippen molar-refractivity contribution in [2.24, 2.45) is 0 Å².